The number of hydrogen-bond acceptors (Lipinski definition) is 3. The molecule has 0 aliphatic carbocycles. The first-order valence-corrected chi connectivity index (χ1v) is 6.74. The zero-order valence-corrected chi connectivity index (χ0v) is 14.1. The quantitative estimate of drug-likeness (QED) is 0.272. The molecular formula is C14H25Cl2NO3. The number of halogens is 2. The molecule has 0 rings (SSSR count). The maximum Gasteiger partial charge on any atom is 0.334 e. The summed E-state index contributed by atoms with van der Waals surface area (Å²) in [7, 11) is 4.04. The van der Waals surface area contributed by atoms with Crippen LogP contribution in [0.5, 0.6) is 0 Å². The van der Waals surface area contributed by atoms with Gasteiger partial charge in [-0.05, 0) is 19.9 Å². The van der Waals surface area contributed by atoms with E-state index in [4.69, 9.17) is 16.3 Å². The van der Waals surface area contributed by atoms with E-state index in [1.807, 2.05) is 20.2 Å². The van der Waals surface area contributed by atoms with Crippen molar-refractivity contribution in [3.63, 3.8) is 0 Å². The maximum absolute atomic E-state index is 11.6. The van der Waals surface area contributed by atoms with E-state index in [0.29, 0.717) is 16.5 Å². The lowest BCUT2D eigenvalue weighted by molar-refractivity contribution is -0.910. The van der Waals surface area contributed by atoms with Crippen molar-refractivity contribution in [1.29, 1.82) is 0 Å². The molecule has 0 radical (unpaired) electrons. The SMILES string of the molecule is C=CC[N+](C)(C)C(COC(=O)C(C)=CCl)CC(C)O.[Cl-]. The van der Waals surface area contributed by atoms with E-state index in [9.17, 15) is 9.90 Å². The largest absolute Gasteiger partial charge is 1.00 e. The summed E-state index contributed by atoms with van der Waals surface area (Å²) < 4.78 is 5.84. The van der Waals surface area contributed by atoms with Gasteiger partial charge in [0.25, 0.3) is 0 Å². The van der Waals surface area contributed by atoms with Gasteiger partial charge < -0.3 is 26.7 Å². The van der Waals surface area contributed by atoms with E-state index in [2.05, 4.69) is 6.58 Å². The molecule has 0 bridgehead atoms. The van der Waals surface area contributed by atoms with E-state index in [1.54, 1.807) is 13.8 Å². The van der Waals surface area contributed by atoms with Crippen LogP contribution in [-0.4, -0.2) is 55.0 Å². The maximum atomic E-state index is 11.6. The molecule has 0 aromatic heterocycles. The predicted octanol–water partition coefficient (Wildman–Crippen LogP) is -0.922. The van der Waals surface area contributed by atoms with Crippen molar-refractivity contribution in [1.82, 2.24) is 0 Å². The molecule has 0 aliphatic heterocycles. The Morgan fingerprint density at radius 1 is 1.50 bits per heavy atom. The third kappa shape index (κ3) is 7.90. The molecule has 20 heavy (non-hydrogen) atoms. The second-order valence-electron chi connectivity index (χ2n) is 5.38. The summed E-state index contributed by atoms with van der Waals surface area (Å²) in [6, 6.07) is 0.00470. The van der Waals surface area contributed by atoms with Crippen molar-refractivity contribution in [3.05, 3.63) is 23.8 Å². The van der Waals surface area contributed by atoms with Crippen LogP contribution in [0, 0.1) is 0 Å². The van der Waals surface area contributed by atoms with Gasteiger partial charge in [0.15, 0.2) is 0 Å². The normalized spacial score (nSPS) is 15.0. The van der Waals surface area contributed by atoms with Crippen molar-refractivity contribution in [2.24, 2.45) is 0 Å². The molecule has 2 unspecified atom stereocenters. The fourth-order valence-corrected chi connectivity index (χ4v) is 1.85. The van der Waals surface area contributed by atoms with Crippen LogP contribution in [0.2, 0.25) is 0 Å². The van der Waals surface area contributed by atoms with E-state index < -0.39 is 12.1 Å². The predicted molar refractivity (Wildman–Crippen MR) is 77.8 cm³/mol. The highest BCUT2D eigenvalue weighted by Crippen LogP contribution is 2.15. The summed E-state index contributed by atoms with van der Waals surface area (Å²) in [5, 5.41) is 9.57. The molecular weight excluding hydrogens is 301 g/mol. The van der Waals surface area contributed by atoms with E-state index in [-0.39, 0.29) is 25.1 Å². The number of rotatable bonds is 8. The van der Waals surface area contributed by atoms with Gasteiger partial charge in [0.1, 0.15) is 12.6 Å². The smallest absolute Gasteiger partial charge is 0.334 e. The van der Waals surface area contributed by atoms with E-state index >= 15 is 0 Å². The zero-order valence-electron chi connectivity index (χ0n) is 12.6. The molecule has 6 heteroatoms. The highest BCUT2D eigenvalue weighted by Gasteiger charge is 2.29. The number of likely N-dealkylation sites (N-methyl/N-ethyl adjacent to an activating group) is 1. The number of nitrogens with zero attached hydrogens (tertiary/aromatic N) is 1. The molecule has 0 saturated heterocycles. The third-order valence-corrected chi connectivity index (χ3v) is 3.42. The number of aliphatic hydroxyl groups excluding tert-OH is 1. The Morgan fingerprint density at radius 3 is 2.45 bits per heavy atom. The average molecular weight is 326 g/mol. The lowest BCUT2D eigenvalue weighted by Gasteiger charge is -2.37. The highest BCUT2D eigenvalue weighted by molar-refractivity contribution is 6.27. The Hall–Kier alpha value is -0.550. The first-order chi connectivity index (χ1) is 8.74. The topological polar surface area (TPSA) is 46.5 Å². The molecule has 4 nitrogen and oxygen atoms in total. The standard InChI is InChI=1S/C14H25ClNO3.ClH/c1-6-7-16(4,5)13(8-12(3)17)10-19-14(18)11(2)9-15;/h6,9,12-13,17H,1,7-8,10H2,2-5H3;1H/q+1;/p-1. The van der Waals surface area contributed by atoms with Crippen molar-refractivity contribution >= 4 is 17.6 Å². The van der Waals surface area contributed by atoms with Gasteiger partial charge in [-0.2, -0.15) is 0 Å². The Bertz CT molecular complexity index is 341. The summed E-state index contributed by atoms with van der Waals surface area (Å²) in [4.78, 5) is 11.6. The molecule has 1 N–H and O–H groups in total. The van der Waals surface area contributed by atoms with Crippen molar-refractivity contribution in [2.75, 3.05) is 27.2 Å². The monoisotopic (exact) mass is 325 g/mol. The van der Waals surface area contributed by atoms with Crippen LogP contribution in [-0.2, 0) is 9.53 Å². The number of esters is 1. The van der Waals surface area contributed by atoms with Crippen molar-refractivity contribution < 1.29 is 31.5 Å². The molecule has 0 saturated carbocycles. The Morgan fingerprint density at radius 2 is 2.05 bits per heavy atom. The van der Waals surface area contributed by atoms with E-state index in [1.165, 1.54) is 5.54 Å². The van der Waals surface area contributed by atoms with Gasteiger partial charge in [-0.3, -0.25) is 0 Å². The molecule has 0 heterocycles. The number of aliphatic hydroxyl groups is 1. The molecule has 0 aromatic carbocycles. The summed E-state index contributed by atoms with van der Waals surface area (Å²) in [5.74, 6) is -0.427. The van der Waals surface area contributed by atoms with Crippen LogP contribution in [0.15, 0.2) is 23.8 Å². The second kappa shape index (κ2) is 10.2. The number of ether oxygens (including phenoxy) is 1. The van der Waals surface area contributed by atoms with Crippen LogP contribution >= 0.6 is 11.6 Å². The summed E-state index contributed by atoms with van der Waals surface area (Å²) in [5.41, 5.74) is 1.57. The molecule has 0 aliphatic rings. The summed E-state index contributed by atoms with van der Waals surface area (Å²) in [6.07, 6.45) is 1.93. The fourth-order valence-electron chi connectivity index (χ4n) is 1.76. The van der Waals surface area contributed by atoms with E-state index in [0.717, 1.165) is 6.54 Å². The van der Waals surface area contributed by atoms with Gasteiger partial charge in [-0.15, -0.1) is 0 Å². The van der Waals surface area contributed by atoms with Crippen molar-refractivity contribution in [2.45, 2.75) is 32.4 Å². The third-order valence-electron chi connectivity index (χ3n) is 3.09. The molecule has 118 valence electrons. The molecule has 0 amide bonds. The number of quaternary nitrogens is 1. The van der Waals surface area contributed by atoms with Gasteiger partial charge >= 0.3 is 5.97 Å². The first kappa shape index (κ1) is 21.7. The lowest BCUT2D eigenvalue weighted by Crippen LogP contribution is -3.00. The molecule has 2 atom stereocenters. The molecule has 0 spiro atoms. The van der Waals surface area contributed by atoms with Crippen LogP contribution in [0.3, 0.4) is 0 Å². The van der Waals surface area contributed by atoms with Crippen molar-refractivity contribution in [3.8, 4) is 0 Å². The van der Waals surface area contributed by atoms with Gasteiger partial charge in [0.05, 0.1) is 26.7 Å². The van der Waals surface area contributed by atoms with Crippen LogP contribution in [0.1, 0.15) is 20.3 Å². The Labute approximate surface area is 133 Å². The summed E-state index contributed by atoms with van der Waals surface area (Å²) in [6.45, 7) is 8.04. The zero-order chi connectivity index (χ0) is 15.1. The number of carbonyl (C=O) groups excluding carboxylic acids is 1. The molecule has 0 fully saturated rings. The minimum atomic E-state index is -0.449. The summed E-state index contributed by atoms with van der Waals surface area (Å²) >= 11 is 5.47. The van der Waals surface area contributed by atoms with Crippen LogP contribution in [0.25, 0.3) is 0 Å². The minimum absolute atomic E-state index is 0. The first-order valence-electron chi connectivity index (χ1n) is 6.30. The highest BCUT2D eigenvalue weighted by atomic mass is 35.5. The number of carbonyl (C=O) groups is 1. The van der Waals surface area contributed by atoms with Crippen LogP contribution < -0.4 is 12.4 Å². The van der Waals surface area contributed by atoms with Gasteiger partial charge in [0.2, 0.25) is 0 Å². The number of hydrogen-bond donors (Lipinski definition) is 1. The Balaban J connectivity index is 0. The van der Waals surface area contributed by atoms with Gasteiger partial charge in [0, 0.05) is 17.5 Å². The average Bonchev–Trinajstić information content (AvgIpc) is 2.32. The Kier molecular flexibility index (Phi) is 11.1. The molecule has 0 aromatic rings. The van der Waals surface area contributed by atoms with Gasteiger partial charge in [-0.1, -0.05) is 18.2 Å². The minimum Gasteiger partial charge on any atom is -1.00 e. The fraction of sp³-hybridized carbons (Fsp3) is 0.643. The van der Waals surface area contributed by atoms with Gasteiger partial charge in [-0.25, -0.2) is 4.79 Å². The lowest BCUT2D eigenvalue weighted by atomic mass is 10.1. The van der Waals surface area contributed by atoms with Crippen LogP contribution in [0.4, 0.5) is 0 Å². The second-order valence-corrected chi connectivity index (χ2v) is 5.60.